The van der Waals surface area contributed by atoms with Crippen molar-refractivity contribution in [2.24, 2.45) is 17.4 Å². The van der Waals surface area contributed by atoms with Crippen LogP contribution in [0.2, 0.25) is 0 Å². The van der Waals surface area contributed by atoms with Crippen molar-refractivity contribution in [3.8, 4) is 0 Å². The van der Waals surface area contributed by atoms with Gasteiger partial charge in [0.25, 0.3) is 0 Å². The third-order valence-electron chi connectivity index (χ3n) is 5.97. The maximum Gasteiger partial charge on any atom is 0.326 e. The molecular formula is C21H39N5O6. The minimum absolute atomic E-state index is 0.264. The number of rotatable bonds is 13. The van der Waals surface area contributed by atoms with E-state index >= 15 is 0 Å². The summed E-state index contributed by atoms with van der Waals surface area (Å²) in [6.07, 6.45) is 2.04. The van der Waals surface area contributed by atoms with Crippen LogP contribution in [0.15, 0.2) is 0 Å². The lowest BCUT2D eigenvalue weighted by atomic mass is 9.98. The smallest absolute Gasteiger partial charge is 0.326 e. The van der Waals surface area contributed by atoms with Crippen molar-refractivity contribution >= 4 is 23.7 Å². The number of nitrogens with two attached hydrogens (primary N) is 2. The summed E-state index contributed by atoms with van der Waals surface area (Å²) in [5.74, 6) is -3.15. The van der Waals surface area contributed by atoms with Crippen molar-refractivity contribution in [2.45, 2.75) is 89.6 Å². The summed E-state index contributed by atoms with van der Waals surface area (Å²) in [7, 11) is 0. The highest BCUT2D eigenvalue weighted by Gasteiger charge is 2.40. The zero-order valence-corrected chi connectivity index (χ0v) is 19.3. The topological polar surface area (TPSA) is 188 Å². The fraction of sp³-hybridized carbons (Fsp3) is 0.810. The lowest BCUT2D eigenvalue weighted by molar-refractivity contribution is -0.146. The molecule has 1 aliphatic heterocycles. The molecule has 0 aromatic heterocycles. The number of unbranched alkanes of at least 4 members (excludes halogenated alkanes) is 1. The number of carbonyl (C=O) groups excluding carboxylic acids is 3. The Hall–Kier alpha value is -2.24. The van der Waals surface area contributed by atoms with Crippen LogP contribution in [0.1, 0.15) is 59.3 Å². The second-order valence-electron chi connectivity index (χ2n) is 8.52. The second kappa shape index (κ2) is 13.3. The quantitative estimate of drug-likeness (QED) is 0.188. The van der Waals surface area contributed by atoms with Gasteiger partial charge in [-0.15, -0.1) is 0 Å². The molecule has 0 spiro atoms. The van der Waals surface area contributed by atoms with Crippen LogP contribution in [0, 0.1) is 5.92 Å². The van der Waals surface area contributed by atoms with Gasteiger partial charge < -0.3 is 37.2 Å². The van der Waals surface area contributed by atoms with Crippen LogP contribution >= 0.6 is 0 Å². The highest BCUT2D eigenvalue weighted by molar-refractivity contribution is 5.94. The van der Waals surface area contributed by atoms with Gasteiger partial charge in [-0.3, -0.25) is 14.4 Å². The average molecular weight is 458 g/mol. The summed E-state index contributed by atoms with van der Waals surface area (Å²) in [6.45, 7) is 5.68. The number of amides is 3. The van der Waals surface area contributed by atoms with E-state index in [2.05, 4.69) is 10.6 Å². The molecule has 0 aromatic carbocycles. The van der Waals surface area contributed by atoms with Gasteiger partial charge in [-0.1, -0.05) is 26.7 Å². The van der Waals surface area contributed by atoms with Crippen molar-refractivity contribution < 1.29 is 29.4 Å². The Kier molecular flexibility index (Phi) is 11.6. The van der Waals surface area contributed by atoms with Crippen molar-refractivity contribution in [1.82, 2.24) is 15.5 Å². The highest BCUT2D eigenvalue weighted by Crippen LogP contribution is 2.20. The van der Waals surface area contributed by atoms with Gasteiger partial charge in [-0.2, -0.15) is 0 Å². The average Bonchev–Trinajstić information content (AvgIpc) is 3.24. The summed E-state index contributed by atoms with van der Waals surface area (Å²) >= 11 is 0. The van der Waals surface area contributed by atoms with Crippen LogP contribution in [0.4, 0.5) is 0 Å². The van der Waals surface area contributed by atoms with Crippen LogP contribution < -0.4 is 22.1 Å². The summed E-state index contributed by atoms with van der Waals surface area (Å²) in [6, 6.07) is -4.05. The largest absolute Gasteiger partial charge is 0.480 e. The molecule has 3 amide bonds. The van der Waals surface area contributed by atoms with E-state index in [-0.39, 0.29) is 12.5 Å². The van der Waals surface area contributed by atoms with E-state index in [4.69, 9.17) is 11.5 Å². The number of carboxylic acids is 1. The molecule has 1 aliphatic rings. The van der Waals surface area contributed by atoms with Crippen molar-refractivity contribution in [3.63, 3.8) is 0 Å². The number of aliphatic carboxylic acids is 1. The number of carboxylic acid groups (broad SMARTS) is 1. The number of hydrogen-bond donors (Lipinski definition) is 6. The fourth-order valence-electron chi connectivity index (χ4n) is 3.70. The highest BCUT2D eigenvalue weighted by atomic mass is 16.4. The number of carbonyl (C=O) groups is 4. The first-order valence-corrected chi connectivity index (χ1v) is 11.3. The van der Waals surface area contributed by atoms with E-state index in [0.29, 0.717) is 38.6 Å². The first-order chi connectivity index (χ1) is 15.0. The molecule has 6 atom stereocenters. The van der Waals surface area contributed by atoms with Gasteiger partial charge in [0.05, 0.1) is 12.1 Å². The molecule has 6 unspecified atom stereocenters. The van der Waals surface area contributed by atoms with Crippen LogP contribution in [-0.2, 0) is 19.2 Å². The summed E-state index contributed by atoms with van der Waals surface area (Å²) in [4.78, 5) is 51.2. The molecule has 1 heterocycles. The molecule has 8 N–H and O–H groups in total. The molecule has 0 aromatic rings. The molecule has 0 bridgehead atoms. The monoisotopic (exact) mass is 457 g/mol. The standard InChI is InChI=1S/C21H39N5O6/c1-4-12(2)16(21(31)32)24-19(29)15-9-7-11-26(15)20(30)17(13(3)27)25-18(28)14(23)8-5-6-10-22/h12-17,27H,4-11,22-23H2,1-3H3,(H,24,29)(H,25,28)(H,31,32). The van der Waals surface area contributed by atoms with Crippen LogP contribution in [0.25, 0.3) is 0 Å². The van der Waals surface area contributed by atoms with Crippen molar-refractivity contribution in [3.05, 3.63) is 0 Å². The van der Waals surface area contributed by atoms with Crippen LogP contribution in [0.3, 0.4) is 0 Å². The summed E-state index contributed by atoms with van der Waals surface area (Å²) in [5, 5.41) is 24.6. The Morgan fingerprint density at radius 1 is 1.12 bits per heavy atom. The first kappa shape index (κ1) is 27.8. The van der Waals surface area contributed by atoms with Crippen LogP contribution in [0.5, 0.6) is 0 Å². The number of aliphatic hydroxyl groups excluding tert-OH is 1. The molecule has 0 saturated carbocycles. The molecule has 11 heteroatoms. The maximum absolute atomic E-state index is 13.1. The number of nitrogens with zero attached hydrogens (tertiary/aromatic N) is 1. The molecule has 184 valence electrons. The Labute approximate surface area is 189 Å². The van der Waals surface area contributed by atoms with Gasteiger partial charge in [-0.25, -0.2) is 4.79 Å². The molecule has 0 radical (unpaired) electrons. The van der Waals surface area contributed by atoms with Gasteiger partial charge in [0, 0.05) is 6.54 Å². The summed E-state index contributed by atoms with van der Waals surface area (Å²) < 4.78 is 0. The molecule has 1 rings (SSSR count). The van der Waals surface area contributed by atoms with Gasteiger partial charge >= 0.3 is 5.97 Å². The lowest BCUT2D eigenvalue weighted by Crippen LogP contribution is -2.59. The Bertz CT molecular complexity index is 659. The molecule has 1 fully saturated rings. The number of aliphatic hydroxyl groups is 1. The summed E-state index contributed by atoms with van der Waals surface area (Å²) in [5.41, 5.74) is 11.3. The normalized spacial score (nSPS) is 20.7. The Balaban J connectivity index is 2.88. The maximum atomic E-state index is 13.1. The van der Waals surface area contributed by atoms with Gasteiger partial charge in [-0.05, 0) is 45.1 Å². The van der Waals surface area contributed by atoms with Crippen molar-refractivity contribution in [2.75, 3.05) is 13.1 Å². The predicted octanol–water partition coefficient (Wildman–Crippen LogP) is -1.09. The molecular weight excluding hydrogens is 418 g/mol. The zero-order valence-electron chi connectivity index (χ0n) is 19.3. The molecule has 0 aliphatic carbocycles. The second-order valence-corrected chi connectivity index (χ2v) is 8.52. The van der Waals surface area contributed by atoms with E-state index in [1.165, 1.54) is 11.8 Å². The van der Waals surface area contributed by atoms with E-state index < -0.39 is 54.0 Å². The Morgan fingerprint density at radius 3 is 2.31 bits per heavy atom. The van der Waals surface area contributed by atoms with Gasteiger partial charge in [0.1, 0.15) is 18.1 Å². The minimum atomic E-state index is -1.26. The first-order valence-electron chi connectivity index (χ1n) is 11.3. The third kappa shape index (κ3) is 7.72. The molecule has 1 saturated heterocycles. The van der Waals surface area contributed by atoms with E-state index in [0.717, 1.165) is 6.42 Å². The molecule has 11 nitrogen and oxygen atoms in total. The Morgan fingerprint density at radius 2 is 1.78 bits per heavy atom. The van der Waals surface area contributed by atoms with Crippen molar-refractivity contribution in [1.29, 1.82) is 0 Å². The SMILES string of the molecule is CCC(C)C(NC(=O)C1CCCN1C(=O)C(NC(=O)C(N)CCCCN)C(C)O)C(=O)O. The van der Waals surface area contributed by atoms with Crippen LogP contribution in [-0.4, -0.2) is 82.2 Å². The lowest BCUT2D eigenvalue weighted by Gasteiger charge is -2.31. The zero-order chi connectivity index (χ0) is 24.4. The van der Waals surface area contributed by atoms with Gasteiger partial charge in [0.15, 0.2) is 0 Å². The van der Waals surface area contributed by atoms with Gasteiger partial charge in [0.2, 0.25) is 17.7 Å². The molecule has 32 heavy (non-hydrogen) atoms. The van der Waals surface area contributed by atoms with E-state index in [1.807, 2.05) is 6.92 Å². The predicted molar refractivity (Wildman–Crippen MR) is 118 cm³/mol. The van der Waals surface area contributed by atoms with E-state index in [9.17, 15) is 29.4 Å². The number of likely N-dealkylation sites (tertiary alicyclic amines) is 1. The number of hydrogen-bond acceptors (Lipinski definition) is 7. The minimum Gasteiger partial charge on any atom is -0.480 e. The van der Waals surface area contributed by atoms with E-state index in [1.54, 1.807) is 6.92 Å². The fourth-order valence-corrected chi connectivity index (χ4v) is 3.70. The number of nitrogens with one attached hydrogen (secondary N) is 2. The third-order valence-corrected chi connectivity index (χ3v) is 5.97.